The quantitative estimate of drug-likeness (QED) is 0.833. The Labute approximate surface area is 137 Å². The first kappa shape index (κ1) is 17.9. The van der Waals surface area contributed by atoms with Crippen LogP contribution in [0.3, 0.4) is 0 Å². The smallest absolute Gasteiger partial charge is 0.260 e. The molecule has 1 aliphatic carbocycles. The molecule has 0 aromatic carbocycles. The van der Waals surface area contributed by atoms with Crippen LogP contribution in [-0.2, 0) is 21.9 Å². The Morgan fingerprint density at radius 3 is 2.70 bits per heavy atom. The van der Waals surface area contributed by atoms with Crippen molar-refractivity contribution < 1.29 is 13.2 Å². The molecule has 2 rings (SSSR count). The Balaban J connectivity index is 1.91. The summed E-state index contributed by atoms with van der Waals surface area (Å²) in [5, 5.41) is 2.88. The van der Waals surface area contributed by atoms with Gasteiger partial charge in [-0.15, -0.1) is 0 Å². The zero-order valence-electron chi connectivity index (χ0n) is 14.2. The average molecular weight is 342 g/mol. The van der Waals surface area contributed by atoms with E-state index in [1.807, 2.05) is 0 Å². The van der Waals surface area contributed by atoms with Gasteiger partial charge in [-0.05, 0) is 25.2 Å². The Kier molecular flexibility index (Phi) is 5.46. The summed E-state index contributed by atoms with van der Waals surface area (Å²) in [6.07, 6.45) is 4.65. The minimum Gasteiger partial charge on any atom is -0.352 e. The van der Waals surface area contributed by atoms with Crippen molar-refractivity contribution in [1.82, 2.24) is 19.6 Å². The Morgan fingerprint density at radius 2 is 2.09 bits per heavy atom. The lowest BCUT2D eigenvalue weighted by atomic mass is 9.78. The van der Waals surface area contributed by atoms with Gasteiger partial charge in [0.2, 0.25) is 5.91 Å². The molecule has 1 aromatic rings. The summed E-state index contributed by atoms with van der Waals surface area (Å²) in [5.41, 5.74) is 0. The molecule has 3 atom stereocenters. The summed E-state index contributed by atoms with van der Waals surface area (Å²) < 4.78 is 28.2. The van der Waals surface area contributed by atoms with E-state index in [0.717, 1.165) is 12.8 Å². The Hall–Kier alpha value is -1.41. The monoisotopic (exact) mass is 342 g/mol. The van der Waals surface area contributed by atoms with Gasteiger partial charge in [-0.3, -0.25) is 4.79 Å². The predicted molar refractivity (Wildman–Crippen MR) is 87.2 cm³/mol. The summed E-state index contributed by atoms with van der Waals surface area (Å²) in [7, 11) is -2.04. The fourth-order valence-electron chi connectivity index (χ4n) is 2.93. The lowest BCUT2D eigenvalue weighted by Crippen LogP contribution is -2.47. The van der Waals surface area contributed by atoms with Crippen LogP contribution in [0, 0.1) is 18.8 Å². The van der Waals surface area contributed by atoms with E-state index in [0.29, 0.717) is 17.7 Å². The molecule has 2 N–H and O–H groups in total. The van der Waals surface area contributed by atoms with Gasteiger partial charge in [-0.2, -0.15) is 0 Å². The van der Waals surface area contributed by atoms with Gasteiger partial charge in [-0.25, -0.2) is 18.1 Å². The molecule has 1 aromatic heterocycles. The maximum absolute atomic E-state index is 12.1. The van der Waals surface area contributed by atoms with Crippen molar-refractivity contribution in [2.45, 2.75) is 51.1 Å². The third-order valence-electron chi connectivity index (χ3n) is 4.84. The number of aromatic nitrogens is 2. The number of aryl methyl sites for hydroxylation is 2. The van der Waals surface area contributed by atoms with Crippen molar-refractivity contribution in [3.8, 4) is 0 Å². The van der Waals surface area contributed by atoms with Crippen LogP contribution in [0.4, 0.5) is 0 Å². The van der Waals surface area contributed by atoms with Gasteiger partial charge < -0.3 is 9.88 Å². The molecule has 8 heteroatoms. The van der Waals surface area contributed by atoms with E-state index in [-0.39, 0.29) is 23.5 Å². The number of hydrogen-bond acceptors (Lipinski definition) is 4. The van der Waals surface area contributed by atoms with Gasteiger partial charge in [0.05, 0.1) is 6.54 Å². The van der Waals surface area contributed by atoms with Gasteiger partial charge in [0, 0.05) is 19.3 Å². The van der Waals surface area contributed by atoms with Crippen LogP contribution in [0.2, 0.25) is 0 Å². The topological polar surface area (TPSA) is 93.1 Å². The molecule has 130 valence electrons. The highest BCUT2D eigenvalue weighted by Crippen LogP contribution is 2.29. The second kappa shape index (κ2) is 7.00. The number of sulfonamides is 1. The lowest BCUT2D eigenvalue weighted by Gasteiger charge is -2.34. The van der Waals surface area contributed by atoms with Crippen LogP contribution in [0.1, 0.15) is 38.9 Å². The highest BCUT2D eigenvalue weighted by Gasteiger charge is 2.28. The van der Waals surface area contributed by atoms with Crippen molar-refractivity contribution in [2.75, 3.05) is 6.54 Å². The molecular weight excluding hydrogens is 316 g/mol. The average Bonchev–Trinajstić information content (AvgIpc) is 2.82. The SMILES string of the molecule is Cc1nc(S(=O)(=O)NCC(=O)N[C@@H]2CCC[C@@H](C)[C@H]2C)cn1C. The number of rotatable bonds is 5. The molecule has 0 saturated heterocycles. The second-order valence-electron chi connectivity index (χ2n) is 6.50. The summed E-state index contributed by atoms with van der Waals surface area (Å²) in [5.74, 6) is 1.28. The molecule has 0 unspecified atom stereocenters. The van der Waals surface area contributed by atoms with Crippen LogP contribution in [-0.4, -0.2) is 36.5 Å². The lowest BCUT2D eigenvalue weighted by molar-refractivity contribution is -0.121. The van der Waals surface area contributed by atoms with Crippen molar-refractivity contribution in [3.05, 3.63) is 12.0 Å². The molecule has 0 bridgehead atoms. The van der Waals surface area contributed by atoms with Crippen LogP contribution in [0.25, 0.3) is 0 Å². The van der Waals surface area contributed by atoms with E-state index in [9.17, 15) is 13.2 Å². The van der Waals surface area contributed by atoms with E-state index >= 15 is 0 Å². The molecule has 1 amide bonds. The largest absolute Gasteiger partial charge is 0.352 e. The third kappa shape index (κ3) is 4.32. The van der Waals surface area contributed by atoms with E-state index in [2.05, 4.69) is 28.9 Å². The fourth-order valence-corrected chi connectivity index (χ4v) is 3.95. The van der Waals surface area contributed by atoms with Crippen molar-refractivity contribution in [2.24, 2.45) is 18.9 Å². The Morgan fingerprint density at radius 1 is 1.39 bits per heavy atom. The molecule has 1 saturated carbocycles. The van der Waals surface area contributed by atoms with E-state index < -0.39 is 10.0 Å². The van der Waals surface area contributed by atoms with Crippen molar-refractivity contribution in [1.29, 1.82) is 0 Å². The van der Waals surface area contributed by atoms with E-state index in [1.165, 1.54) is 12.6 Å². The van der Waals surface area contributed by atoms with Crippen LogP contribution >= 0.6 is 0 Å². The highest BCUT2D eigenvalue weighted by molar-refractivity contribution is 7.89. The van der Waals surface area contributed by atoms with Crippen LogP contribution in [0.15, 0.2) is 11.2 Å². The molecule has 1 aliphatic rings. The van der Waals surface area contributed by atoms with E-state index in [4.69, 9.17) is 0 Å². The molecule has 1 heterocycles. The Bertz CT molecular complexity index is 649. The summed E-state index contributed by atoms with van der Waals surface area (Å²) >= 11 is 0. The first-order valence-corrected chi connectivity index (χ1v) is 9.48. The number of carbonyl (C=O) groups is 1. The summed E-state index contributed by atoms with van der Waals surface area (Å²) in [4.78, 5) is 16.0. The second-order valence-corrected chi connectivity index (χ2v) is 8.22. The van der Waals surface area contributed by atoms with Crippen molar-refractivity contribution in [3.63, 3.8) is 0 Å². The number of nitrogens with zero attached hydrogens (tertiary/aromatic N) is 2. The van der Waals surface area contributed by atoms with Crippen LogP contribution in [0.5, 0.6) is 0 Å². The zero-order chi connectivity index (χ0) is 17.2. The molecule has 0 aliphatic heterocycles. The third-order valence-corrected chi connectivity index (χ3v) is 6.11. The van der Waals surface area contributed by atoms with Gasteiger partial charge in [-0.1, -0.05) is 26.7 Å². The van der Waals surface area contributed by atoms with Gasteiger partial charge in [0.15, 0.2) is 5.03 Å². The predicted octanol–water partition coefficient (Wildman–Crippen LogP) is 0.948. The standard InChI is InChI=1S/C15H26N4O3S/c1-10-6-5-7-13(11(10)2)18-14(20)8-16-23(21,22)15-9-19(4)12(3)17-15/h9-11,13,16H,5-8H2,1-4H3,(H,18,20)/t10-,11-,13-/m1/s1. The number of carbonyl (C=O) groups excluding carboxylic acids is 1. The molecular formula is C15H26N4O3S. The first-order chi connectivity index (χ1) is 10.7. The molecule has 23 heavy (non-hydrogen) atoms. The minimum atomic E-state index is -3.76. The van der Waals surface area contributed by atoms with E-state index in [1.54, 1.807) is 18.5 Å². The van der Waals surface area contributed by atoms with Gasteiger partial charge in [0.1, 0.15) is 5.82 Å². The summed E-state index contributed by atoms with van der Waals surface area (Å²) in [6, 6.07) is 0.118. The fraction of sp³-hybridized carbons (Fsp3) is 0.733. The number of hydrogen-bond donors (Lipinski definition) is 2. The normalized spacial score (nSPS) is 25.3. The van der Waals surface area contributed by atoms with Gasteiger partial charge in [0.25, 0.3) is 10.0 Å². The number of nitrogens with one attached hydrogen (secondary N) is 2. The molecule has 0 spiro atoms. The maximum atomic E-state index is 12.1. The highest BCUT2D eigenvalue weighted by atomic mass is 32.2. The number of imidazole rings is 1. The van der Waals surface area contributed by atoms with Crippen molar-refractivity contribution >= 4 is 15.9 Å². The number of amides is 1. The summed E-state index contributed by atoms with van der Waals surface area (Å²) in [6.45, 7) is 5.78. The molecule has 1 fully saturated rings. The minimum absolute atomic E-state index is 0.0649. The van der Waals surface area contributed by atoms with Gasteiger partial charge >= 0.3 is 0 Å². The maximum Gasteiger partial charge on any atom is 0.260 e. The first-order valence-electron chi connectivity index (χ1n) is 7.99. The zero-order valence-corrected chi connectivity index (χ0v) is 15.0. The van der Waals surface area contributed by atoms with Crippen LogP contribution < -0.4 is 10.0 Å². The molecule has 0 radical (unpaired) electrons. The molecule has 7 nitrogen and oxygen atoms in total.